The first kappa shape index (κ1) is 11.2. The minimum Gasteiger partial charge on any atom is -0.469 e. The third kappa shape index (κ3) is 2.26. The van der Waals surface area contributed by atoms with Crippen molar-refractivity contribution >= 4 is 5.97 Å². The van der Waals surface area contributed by atoms with Gasteiger partial charge in [0.2, 0.25) is 0 Å². The van der Waals surface area contributed by atoms with Gasteiger partial charge in [0.25, 0.3) is 0 Å². The number of oxazole rings is 1. The molecule has 0 amide bonds. The van der Waals surface area contributed by atoms with E-state index in [9.17, 15) is 4.79 Å². The Morgan fingerprint density at radius 3 is 2.62 bits per heavy atom. The van der Waals surface area contributed by atoms with Gasteiger partial charge >= 0.3 is 5.97 Å². The summed E-state index contributed by atoms with van der Waals surface area (Å²) in [5.74, 6) is 1.18. The van der Waals surface area contributed by atoms with Crippen molar-refractivity contribution in [2.45, 2.75) is 38.5 Å². The first-order valence-corrected chi connectivity index (χ1v) is 5.70. The van der Waals surface area contributed by atoms with Crippen LogP contribution in [0.25, 0.3) is 0 Å². The lowest BCUT2D eigenvalue weighted by Crippen LogP contribution is -2.22. The highest BCUT2D eigenvalue weighted by atomic mass is 16.5. The highest BCUT2D eigenvalue weighted by Gasteiger charge is 2.29. The van der Waals surface area contributed by atoms with Crippen LogP contribution in [0.1, 0.15) is 43.2 Å². The number of nitrogens with zero attached hydrogens (tertiary/aromatic N) is 1. The SMILES string of the molecule is COC(=O)C1CCC(c2nc(C)co2)CC1. The molecule has 1 fully saturated rings. The first-order chi connectivity index (χ1) is 7.70. The molecule has 1 aromatic rings. The van der Waals surface area contributed by atoms with Crippen LogP contribution in [0.3, 0.4) is 0 Å². The summed E-state index contributed by atoms with van der Waals surface area (Å²) >= 11 is 0. The van der Waals surface area contributed by atoms with Crippen LogP contribution in [0.2, 0.25) is 0 Å². The van der Waals surface area contributed by atoms with Gasteiger partial charge in [-0.1, -0.05) is 0 Å². The molecule has 4 nitrogen and oxygen atoms in total. The number of carbonyl (C=O) groups excluding carboxylic acids is 1. The van der Waals surface area contributed by atoms with Crippen molar-refractivity contribution in [2.75, 3.05) is 7.11 Å². The van der Waals surface area contributed by atoms with E-state index in [0.29, 0.717) is 5.92 Å². The average molecular weight is 223 g/mol. The van der Waals surface area contributed by atoms with Crippen LogP contribution in [-0.4, -0.2) is 18.1 Å². The first-order valence-electron chi connectivity index (χ1n) is 5.70. The number of ether oxygens (including phenoxy) is 1. The van der Waals surface area contributed by atoms with Gasteiger partial charge in [0, 0.05) is 5.92 Å². The minimum atomic E-state index is -0.0814. The Kier molecular flexibility index (Phi) is 3.27. The standard InChI is InChI=1S/C12H17NO3/c1-8-7-16-11(13-8)9-3-5-10(6-4-9)12(14)15-2/h7,9-10H,3-6H2,1-2H3. The molecular formula is C12H17NO3. The maximum atomic E-state index is 11.4. The number of rotatable bonds is 2. The van der Waals surface area contributed by atoms with Crippen molar-refractivity contribution in [1.29, 1.82) is 0 Å². The van der Waals surface area contributed by atoms with Crippen molar-refractivity contribution in [1.82, 2.24) is 4.98 Å². The Bertz CT molecular complexity index is 364. The summed E-state index contributed by atoms with van der Waals surface area (Å²) in [5.41, 5.74) is 0.921. The summed E-state index contributed by atoms with van der Waals surface area (Å²) in [7, 11) is 1.45. The molecule has 0 spiro atoms. The number of esters is 1. The predicted molar refractivity (Wildman–Crippen MR) is 58.0 cm³/mol. The molecule has 1 saturated carbocycles. The fourth-order valence-electron chi connectivity index (χ4n) is 2.30. The molecule has 2 rings (SSSR count). The Hall–Kier alpha value is -1.32. The van der Waals surface area contributed by atoms with Crippen molar-refractivity contribution in [3.63, 3.8) is 0 Å². The average Bonchev–Trinajstić information content (AvgIpc) is 2.75. The number of methoxy groups -OCH3 is 1. The van der Waals surface area contributed by atoms with Crippen LogP contribution < -0.4 is 0 Å². The highest BCUT2D eigenvalue weighted by Crippen LogP contribution is 2.35. The van der Waals surface area contributed by atoms with E-state index in [1.165, 1.54) is 7.11 Å². The molecule has 0 bridgehead atoms. The summed E-state index contributed by atoms with van der Waals surface area (Å²) in [6.07, 6.45) is 5.35. The molecule has 4 heteroatoms. The van der Waals surface area contributed by atoms with E-state index >= 15 is 0 Å². The molecule has 1 aliphatic rings. The fourth-order valence-corrected chi connectivity index (χ4v) is 2.30. The van der Waals surface area contributed by atoms with Crippen LogP contribution in [0.4, 0.5) is 0 Å². The van der Waals surface area contributed by atoms with Crippen LogP contribution >= 0.6 is 0 Å². The van der Waals surface area contributed by atoms with Crippen molar-refractivity contribution in [3.05, 3.63) is 17.8 Å². The second-order valence-electron chi connectivity index (χ2n) is 4.40. The zero-order chi connectivity index (χ0) is 11.5. The molecule has 0 atom stereocenters. The second kappa shape index (κ2) is 4.68. The Morgan fingerprint density at radius 1 is 1.44 bits per heavy atom. The second-order valence-corrected chi connectivity index (χ2v) is 4.40. The number of hydrogen-bond donors (Lipinski definition) is 0. The van der Waals surface area contributed by atoms with Crippen LogP contribution in [0.5, 0.6) is 0 Å². The summed E-state index contributed by atoms with van der Waals surface area (Å²) in [4.78, 5) is 15.7. The Morgan fingerprint density at radius 2 is 2.12 bits per heavy atom. The van der Waals surface area contributed by atoms with Gasteiger partial charge < -0.3 is 9.15 Å². The zero-order valence-electron chi connectivity index (χ0n) is 9.73. The van der Waals surface area contributed by atoms with Gasteiger partial charge in [-0.25, -0.2) is 4.98 Å². The Balaban J connectivity index is 1.92. The normalized spacial score (nSPS) is 25.4. The lowest BCUT2D eigenvalue weighted by Gasteiger charge is -2.24. The van der Waals surface area contributed by atoms with Gasteiger partial charge in [-0.3, -0.25) is 4.79 Å². The van der Waals surface area contributed by atoms with Gasteiger partial charge in [-0.2, -0.15) is 0 Å². The lowest BCUT2D eigenvalue weighted by atomic mass is 9.82. The van der Waals surface area contributed by atoms with E-state index in [1.807, 2.05) is 6.92 Å². The van der Waals surface area contributed by atoms with E-state index in [1.54, 1.807) is 6.26 Å². The molecule has 0 saturated heterocycles. The van der Waals surface area contributed by atoms with Crippen LogP contribution in [0, 0.1) is 12.8 Å². The van der Waals surface area contributed by atoms with Gasteiger partial charge in [-0.15, -0.1) is 0 Å². The maximum absolute atomic E-state index is 11.4. The summed E-state index contributed by atoms with van der Waals surface area (Å²) < 4.78 is 10.2. The summed E-state index contributed by atoms with van der Waals surface area (Å²) in [6.45, 7) is 1.92. The van der Waals surface area contributed by atoms with Crippen molar-refractivity contribution < 1.29 is 13.9 Å². The molecule has 1 aliphatic carbocycles. The van der Waals surface area contributed by atoms with Gasteiger partial charge in [0.15, 0.2) is 5.89 Å². The zero-order valence-corrected chi connectivity index (χ0v) is 9.73. The predicted octanol–water partition coefficient (Wildman–Crippen LogP) is 2.43. The third-order valence-corrected chi connectivity index (χ3v) is 3.25. The maximum Gasteiger partial charge on any atom is 0.308 e. The smallest absolute Gasteiger partial charge is 0.308 e. The summed E-state index contributed by atoms with van der Waals surface area (Å²) in [5, 5.41) is 0. The fraction of sp³-hybridized carbons (Fsp3) is 0.667. The molecule has 0 aliphatic heterocycles. The monoisotopic (exact) mass is 223 g/mol. The van der Waals surface area contributed by atoms with Gasteiger partial charge in [-0.05, 0) is 32.6 Å². The lowest BCUT2D eigenvalue weighted by molar-refractivity contribution is -0.146. The van der Waals surface area contributed by atoms with Crippen molar-refractivity contribution in [2.24, 2.45) is 5.92 Å². The number of aromatic nitrogens is 1. The molecule has 0 radical (unpaired) electrons. The molecule has 0 N–H and O–H groups in total. The van der Waals surface area contributed by atoms with Gasteiger partial charge in [0.05, 0.1) is 18.7 Å². The van der Waals surface area contributed by atoms with E-state index < -0.39 is 0 Å². The van der Waals surface area contributed by atoms with E-state index in [4.69, 9.17) is 9.15 Å². The van der Waals surface area contributed by atoms with Gasteiger partial charge in [0.1, 0.15) is 6.26 Å². The summed E-state index contributed by atoms with van der Waals surface area (Å²) in [6, 6.07) is 0. The largest absolute Gasteiger partial charge is 0.469 e. The van der Waals surface area contributed by atoms with Crippen molar-refractivity contribution in [3.8, 4) is 0 Å². The molecule has 0 aromatic carbocycles. The molecule has 0 unspecified atom stereocenters. The Labute approximate surface area is 95.0 Å². The molecular weight excluding hydrogens is 206 g/mol. The third-order valence-electron chi connectivity index (χ3n) is 3.25. The van der Waals surface area contributed by atoms with E-state index in [0.717, 1.165) is 37.3 Å². The van der Waals surface area contributed by atoms with Crippen LogP contribution in [0.15, 0.2) is 10.7 Å². The van der Waals surface area contributed by atoms with Crippen LogP contribution in [-0.2, 0) is 9.53 Å². The van der Waals surface area contributed by atoms with E-state index in [2.05, 4.69) is 4.98 Å². The number of aryl methyl sites for hydroxylation is 1. The number of hydrogen-bond acceptors (Lipinski definition) is 4. The minimum absolute atomic E-state index is 0.0670. The molecule has 1 heterocycles. The molecule has 1 aromatic heterocycles. The highest BCUT2D eigenvalue weighted by molar-refractivity contribution is 5.72. The quantitative estimate of drug-likeness (QED) is 0.722. The topological polar surface area (TPSA) is 52.3 Å². The van der Waals surface area contributed by atoms with E-state index in [-0.39, 0.29) is 11.9 Å². The number of carbonyl (C=O) groups is 1. The molecule has 16 heavy (non-hydrogen) atoms. The molecule has 88 valence electrons.